The van der Waals surface area contributed by atoms with Crippen LogP contribution in [0.15, 0.2) is 47.3 Å². The molecule has 0 spiro atoms. The lowest BCUT2D eigenvalue weighted by atomic mass is 10.1. The number of rotatable bonds is 7. The van der Waals surface area contributed by atoms with Crippen molar-refractivity contribution in [3.63, 3.8) is 0 Å². The maximum Gasteiger partial charge on any atom is 0.308 e. The zero-order chi connectivity index (χ0) is 22.9. The van der Waals surface area contributed by atoms with Crippen LogP contribution in [0.4, 0.5) is 15.8 Å². The summed E-state index contributed by atoms with van der Waals surface area (Å²) in [5.74, 6) is -1.03. The van der Waals surface area contributed by atoms with Crippen molar-refractivity contribution in [1.82, 2.24) is 4.57 Å². The van der Waals surface area contributed by atoms with Gasteiger partial charge >= 0.3 is 4.87 Å². The third kappa shape index (κ3) is 4.80. The van der Waals surface area contributed by atoms with Crippen LogP contribution in [0.25, 0.3) is 10.2 Å². The maximum atomic E-state index is 13.3. The van der Waals surface area contributed by atoms with Crippen molar-refractivity contribution in [2.45, 2.75) is 39.3 Å². The van der Waals surface area contributed by atoms with E-state index in [0.717, 1.165) is 44.2 Å². The molecule has 2 aromatic carbocycles. The minimum atomic E-state index is -3.82. The van der Waals surface area contributed by atoms with Gasteiger partial charge in [-0.3, -0.25) is 18.5 Å². The van der Waals surface area contributed by atoms with E-state index in [0.29, 0.717) is 5.69 Å². The molecule has 1 unspecified atom stereocenters. The molecule has 0 bridgehead atoms. The van der Waals surface area contributed by atoms with Crippen molar-refractivity contribution in [1.29, 1.82) is 0 Å². The summed E-state index contributed by atoms with van der Waals surface area (Å²) in [7, 11) is -3.82. The number of thiazole rings is 1. The fraction of sp³-hybridized carbons (Fsp3) is 0.333. The Balaban J connectivity index is 1.94. The van der Waals surface area contributed by atoms with Gasteiger partial charge in [-0.2, -0.15) is 0 Å². The van der Waals surface area contributed by atoms with E-state index < -0.39 is 27.8 Å². The summed E-state index contributed by atoms with van der Waals surface area (Å²) in [6.07, 6.45) is 1.21. The fourth-order valence-corrected chi connectivity index (χ4v) is 5.74. The molecule has 1 N–H and O–H groups in total. The number of sulfonamides is 1. The predicted molar refractivity (Wildman–Crippen MR) is 123 cm³/mol. The lowest BCUT2D eigenvalue weighted by Crippen LogP contribution is -2.47. The first-order chi connectivity index (χ1) is 14.5. The molecule has 7 nitrogen and oxygen atoms in total. The van der Waals surface area contributed by atoms with Crippen LogP contribution in [0.2, 0.25) is 0 Å². The van der Waals surface area contributed by atoms with Crippen molar-refractivity contribution in [3.8, 4) is 0 Å². The van der Waals surface area contributed by atoms with E-state index in [4.69, 9.17) is 0 Å². The summed E-state index contributed by atoms with van der Waals surface area (Å²) in [6, 6.07) is 9.06. The van der Waals surface area contributed by atoms with Gasteiger partial charge in [-0.15, -0.1) is 0 Å². The van der Waals surface area contributed by atoms with Gasteiger partial charge in [-0.05, 0) is 62.7 Å². The van der Waals surface area contributed by atoms with Crippen LogP contribution in [-0.2, 0) is 14.8 Å². The minimum Gasteiger partial charge on any atom is -0.324 e. The molecule has 0 aliphatic rings. The second kappa shape index (κ2) is 8.80. The van der Waals surface area contributed by atoms with Crippen LogP contribution in [0.5, 0.6) is 0 Å². The summed E-state index contributed by atoms with van der Waals surface area (Å²) in [5, 5.41) is 2.75. The van der Waals surface area contributed by atoms with Crippen LogP contribution in [0, 0.1) is 5.82 Å². The van der Waals surface area contributed by atoms with E-state index in [1.54, 1.807) is 29.7 Å². The highest BCUT2D eigenvalue weighted by Crippen LogP contribution is 2.26. The third-order valence-corrected chi connectivity index (χ3v) is 6.91. The molecule has 0 radical (unpaired) electrons. The van der Waals surface area contributed by atoms with Gasteiger partial charge in [0.1, 0.15) is 11.9 Å². The van der Waals surface area contributed by atoms with Crippen molar-refractivity contribution >= 4 is 48.9 Å². The normalized spacial score (nSPS) is 12.8. The van der Waals surface area contributed by atoms with Gasteiger partial charge in [0, 0.05) is 11.7 Å². The number of halogens is 1. The molecule has 0 saturated heterocycles. The SMILES string of the molecule is CCC(C(=O)Nc1ccc2c(c1)sc(=O)n2C(C)C)N(c1ccc(F)cc1)S(C)(=O)=O. The Morgan fingerprint density at radius 3 is 2.39 bits per heavy atom. The lowest BCUT2D eigenvalue weighted by Gasteiger charge is -2.30. The van der Waals surface area contributed by atoms with E-state index in [9.17, 15) is 22.4 Å². The van der Waals surface area contributed by atoms with E-state index >= 15 is 0 Å². The minimum absolute atomic E-state index is 0.00481. The molecule has 10 heteroatoms. The van der Waals surface area contributed by atoms with Gasteiger partial charge in [-0.25, -0.2) is 12.8 Å². The summed E-state index contributed by atoms with van der Waals surface area (Å²) in [6.45, 7) is 5.54. The zero-order valence-electron chi connectivity index (χ0n) is 17.6. The Labute approximate surface area is 184 Å². The molecule has 1 atom stereocenters. The van der Waals surface area contributed by atoms with E-state index in [1.165, 1.54) is 12.1 Å². The Morgan fingerprint density at radius 2 is 1.84 bits per heavy atom. The van der Waals surface area contributed by atoms with E-state index in [2.05, 4.69) is 5.32 Å². The number of anilines is 2. The average Bonchev–Trinajstić information content (AvgIpc) is 3.01. The van der Waals surface area contributed by atoms with Crippen LogP contribution >= 0.6 is 11.3 Å². The quantitative estimate of drug-likeness (QED) is 0.572. The topological polar surface area (TPSA) is 88.5 Å². The van der Waals surface area contributed by atoms with E-state index in [1.807, 2.05) is 13.8 Å². The third-order valence-electron chi connectivity index (χ3n) is 4.81. The van der Waals surface area contributed by atoms with Gasteiger partial charge in [-0.1, -0.05) is 18.3 Å². The number of hydrogen-bond acceptors (Lipinski definition) is 5. The standard InChI is InChI=1S/C21H24FN3O4S2/c1-5-17(25(31(4,28)29)16-9-6-14(22)7-10-16)20(26)23-15-8-11-18-19(12-15)30-21(27)24(18)13(2)3/h6-13,17H,5H2,1-4H3,(H,23,26). The number of amides is 1. The predicted octanol–water partition coefficient (Wildman–Crippen LogP) is 3.97. The molecular formula is C21H24FN3O4S2. The number of carbonyl (C=O) groups excluding carboxylic acids is 1. The molecule has 0 fully saturated rings. The molecular weight excluding hydrogens is 441 g/mol. The van der Waals surface area contributed by atoms with Gasteiger partial charge in [0.15, 0.2) is 0 Å². The summed E-state index contributed by atoms with van der Waals surface area (Å²) in [5.41, 5.74) is 1.44. The number of carbonyl (C=O) groups is 1. The van der Waals surface area contributed by atoms with Gasteiger partial charge in [0.25, 0.3) is 0 Å². The molecule has 3 aromatic rings. The van der Waals surface area contributed by atoms with Crippen molar-refractivity contribution < 1.29 is 17.6 Å². The first kappa shape index (κ1) is 23.0. The van der Waals surface area contributed by atoms with Gasteiger partial charge in [0.2, 0.25) is 15.9 Å². The molecule has 166 valence electrons. The smallest absolute Gasteiger partial charge is 0.308 e. The van der Waals surface area contributed by atoms with Gasteiger partial charge < -0.3 is 5.32 Å². The first-order valence-electron chi connectivity index (χ1n) is 9.73. The van der Waals surface area contributed by atoms with Crippen LogP contribution in [-0.4, -0.2) is 31.2 Å². The molecule has 3 rings (SSSR count). The number of benzene rings is 2. The first-order valence-corrected chi connectivity index (χ1v) is 12.4. The highest BCUT2D eigenvalue weighted by atomic mass is 32.2. The molecule has 0 aliphatic carbocycles. The number of nitrogens with zero attached hydrogens (tertiary/aromatic N) is 2. The number of nitrogens with one attached hydrogen (secondary N) is 1. The summed E-state index contributed by atoms with van der Waals surface area (Å²) >= 11 is 1.09. The second-order valence-electron chi connectivity index (χ2n) is 7.46. The average molecular weight is 466 g/mol. The Morgan fingerprint density at radius 1 is 1.19 bits per heavy atom. The Bertz CT molecular complexity index is 1260. The van der Waals surface area contributed by atoms with Gasteiger partial charge in [0.05, 0.1) is 22.2 Å². The van der Waals surface area contributed by atoms with E-state index in [-0.39, 0.29) is 23.0 Å². The van der Waals surface area contributed by atoms with Crippen molar-refractivity contribution in [2.75, 3.05) is 15.9 Å². The molecule has 1 aromatic heterocycles. The maximum absolute atomic E-state index is 13.3. The highest BCUT2D eigenvalue weighted by Gasteiger charge is 2.31. The molecule has 1 heterocycles. The second-order valence-corrected chi connectivity index (χ2v) is 10.3. The highest BCUT2D eigenvalue weighted by molar-refractivity contribution is 7.92. The summed E-state index contributed by atoms with van der Waals surface area (Å²) < 4.78 is 41.7. The largest absolute Gasteiger partial charge is 0.324 e. The number of hydrogen-bond donors (Lipinski definition) is 1. The molecule has 1 amide bonds. The zero-order valence-corrected chi connectivity index (χ0v) is 19.3. The monoisotopic (exact) mass is 465 g/mol. The summed E-state index contributed by atoms with van der Waals surface area (Å²) in [4.78, 5) is 25.2. The number of aromatic nitrogens is 1. The van der Waals surface area contributed by atoms with Crippen LogP contribution in [0.1, 0.15) is 33.2 Å². The van der Waals surface area contributed by atoms with Crippen LogP contribution in [0.3, 0.4) is 0 Å². The van der Waals surface area contributed by atoms with Crippen molar-refractivity contribution in [2.24, 2.45) is 0 Å². The molecule has 0 aliphatic heterocycles. The van der Waals surface area contributed by atoms with Crippen molar-refractivity contribution in [3.05, 3.63) is 57.9 Å². The Kier molecular flexibility index (Phi) is 6.51. The molecule has 31 heavy (non-hydrogen) atoms. The molecule has 0 saturated carbocycles. The van der Waals surface area contributed by atoms with Crippen LogP contribution < -0.4 is 14.5 Å². The number of fused-ring (bicyclic) bond motifs is 1. The fourth-order valence-electron chi connectivity index (χ4n) is 3.48. The Hall–Kier alpha value is -2.72. The lowest BCUT2D eigenvalue weighted by molar-refractivity contribution is -0.117.